The van der Waals surface area contributed by atoms with E-state index in [0.717, 1.165) is 6.42 Å². The van der Waals surface area contributed by atoms with Crippen LogP contribution >= 0.6 is 0 Å². The van der Waals surface area contributed by atoms with Gasteiger partial charge in [0.25, 0.3) is 0 Å². The average molecular weight is 364 g/mol. The van der Waals surface area contributed by atoms with Gasteiger partial charge in [-0.1, -0.05) is 64.7 Å². The largest absolute Gasteiger partial charge is 0.343 e. The molecular formula is C12H25Pt-. The smallest absolute Gasteiger partial charge is 0 e. The molecule has 0 saturated carbocycles. The number of rotatable bonds is 9. The van der Waals surface area contributed by atoms with Gasteiger partial charge in [-0.25, -0.2) is 0 Å². The molecule has 0 aliphatic heterocycles. The predicted molar refractivity (Wildman–Crippen MR) is 57.2 cm³/mol. The Bertz CT molecular complexity index is 61.5. The summed E-state index contributed by atoms with van der Waals surface area (Å²) in [5.41, 5.74) is 0. The molecule has 13 heavy (non-hydrogen) atoms. The molecule has 0 saturated heterocycles. The van der Waals surface area contributed by atoms with Crippen LogP contribution in [0.15, 0.2) is 0 Å². The number of hydrogen-bond acceptors (Lipinski definition) is 0. The van der Waals surface area contributed by atoms with E-state index >= 15 is 0 Å². The Morgan fingerprint density at radius 3 is 1.46 bits per heavy atom. The maximum atomic E-state index is 3.84. The molecule has 0 radical (unpaired) electrons. The van der Waals surface area contributed by atoms with Crippen molar-refractivity contribution in [2.45, 2.75) is 71.1 Å². The fourth-order valence-electron chi connectivity index (χ4n) is 1.49. The molecule has 0 unspecified atom stereocenters. The van der Waals surface area contributed by atoms with Crippen molar-refractivity contribution in [3.05, 3.63) is 6.92 Å². The first-order valence-corrected chi connectivity index (χ1v) is 5.71. The first-order chi connectivity index (χ1) is 5.91. The Morgan fingerprint density at radius 2 is 1.08 bits per heavy atom. The summed E-state index contributed by atoms with van der Waals surface area (Å²) in [6, 6.07) is 0. The molecule has 84 valence electrons. The van der Waals surface area contributed by atoms with Gasteiger partial charge in [0.05, 0.1) is 0 Å². The first-order valence-electron chi connectivity index (χ1n) is 5.71. The van der Waals surface area contributed by atoms with Crippen LogP contribution in [0.4, 0.5) is 0 Å². The van der Waals surface area contributed by atoms with Gasteiger partial charge in [0.2, 0.25) is 0 Å². The van der Waals surface area contributed by atoms with Crippen LogP contribution < -0.4 is 0 Å². The van der Waals surface area contributed by atoms with Crippen LogP contribution in [0.1, 0.15) is 71.1 Å². The molecule has 1 heteroatoms. The van der Waals surface area contributed by atoms with Crippen molar-refractivity contribution in [2.24, 2.45) is 0 Å². The minimum Gasteiger partial charge on any atom is -0.343 e. The number of unbranched alkanes of at least 4 members (excludes halogenated alkanes) is 9. The second-order valence-corrected chi connectivity index (χ2v) is 3.68. The van der Waals surface area contributed by atoms with Crippen molar-refractivity contribution in [3.63, 3.8) is 0 Å². The van der Waals surface area contributed by atoms with E-state index < -0.39 is 0 Å². The molecule has 0 aromatic heterocycles. The Balaban J connectivity index is 0. The summed E-state index contributed by atoms with van der Waals surface area (Å²) in [6.07, 6.45) is 13.9. The Morgan fingerprint density at radius 1 is 0.692 bits per heavy atom. The fraction of sp³-hybridized carbons (Fsp3) is 0.917. The molecule has 0 nitrogen and oxygen atoms in total. The zero-order valence-electron chi connectivity index (χ0n) is 9.09. The molecule has 0 aliphatic rings. The summed E-state index contributed by atoms with van der Waals surface area (Å²) < 4.78 is 0. The van der Waals surface area contributed by atoms with Crippen LogP contribution in [0.3, 0.4) is 0 Å². The van der Waals surface area contributed by atoms with Crippen molar-refractivity contribution in [2.75, 3.05) is 0 Å². The van der Waals surface area contributed by atoms with Crippen LogP contribution in [-0.4, -0.2) is 0 Å². The molecule has 0 aromatic rings. The average Bonchev–Trinajstić information content (AvgIpc) is 2.10. The minimum absolute atomic E-state index is 0. The van der Waals surface area contributed by atoms with E-state index in [1.165, 1.54) is 57.8 Å². The second kappa shape index (κ2) is 15.2. The fourth-order valence-corrected chi connectivity index (χ4v) is 1.49. The van der Waals surface area contributed by atoms with Crippen molar-refractivity contribution >= 4 is 0 Å². The molecule has 0 N–H and O–H groups in total. The number of hydrogen-bond donors (Lipinski definition) is 0. The third kappa shape index (κ3) is 15.4. The predicted octanol–water partition coefficient (Wildman–Crippen LogP) is 4.74. The van der Waals surface area contributed by atoms with Gasteiger partial charge in [0.15, 0.2) is 0 Å². The molecule has 0 aromatic carbocycles. The van der Waals surface area contributed by atoms with E-state index in [4.69, 9.17) is 0 Å². The molecule has 0 rings (SSSR count). The summed E-state index contributed by atoms with van der Waals surface area (Å²) in [6.45, 7) is 6.12. The maximum Gasteiger partial charge on any atom is 0 e. The van der Waals surface area contributed by atoms with Crippen molar-refractivity contribution < 1.29 is 21.1 Å². The van der Waals surface area contributed by atoms with Gasteiger partial charge in [-0.05, 0) is 0 Å². The van der Waals surface area contributed by atoms with Crippen molar-refractivity contribution in [1.82, 2.24) is 0 Å². The normalized spacial score (nSPS) is 9.69. The SMILES string of the molecule is [CH2-]CCCCCCCCCCC.[Pt]. The van der Waals surface area contributed by atoms with Gasteiger partial charge in [-0.15, -0.1) is 0 Å². The standard InChI is InChI=1S/C12H25.Pt/c1-3-5-7-9-11-12-10-8-6-4-2;/h1,3-12H2,2H3;/q-1;. The summed E-state index contributed by atoms with van der Waals surface area (Å²) in [7, 11) is 0. The van der Waals surface area contributed by atoms with Crippen LogP contribution in [0.5, 0.6) is 0 Å². The first kappa shape index (κ1) is 16.1. The monoisotopic (exact) mass is 364 g/mol. The Hall–Kier alpha value is 0.688. The second-order valence-electron chi connectivity index (χ2n) is 3.68. The summed E-state index contributed by atoms with van der Waals surface area (Å²) in [5, 5.41) is 0. The van der Waals surface area contributed by atoms with Crippen LogP contribution in [0.2, 0.25) is 0 Å². The summed E-state index contributed by atoms with van der Waals surface area (Å²) in [4.78, 5) is 0. The molecule has 0 aliphatic carbocycles. The molecule has 0 atom stereocenters. The zero-order valence-corrected chi connectivity index (χ0v) is 11.4. The van der Waals surface area contributed by atoms with Crippen molar-refractivity contribution in [3.8, 4) is 0 Å². The van der Waals surface area contributed by atoms with E-state index in [1.807, 2.05) is 0 Å². The Labute approximate surface area is 99.1 Å². The topological polar surface area (TPSA) is 0 Å². The quantitative estimate of drug-likeness (QED) is 0.410. The van der Waals surface area contributed by atoms with E-state index in [0.29, 0.717) is 0 Å². The summed E-state index contributed by atoms with van der Waals surface area (Å²) >= 11 is 0. The van der Waals surface area contributed by atoms with Crippen LogP contribution in [0.25, 0.3) is 0 Å². The minimum atomic E-state index is 0. The molecular weight excluding hydrogens is 339 g/mol. The van der Waals surface area contributed by atoms with Gasteiger partial charge in [0, 0.05) is 21.1 Å². The maximum absolute atomic E-state index is 3.84. The van der Waals surface area contributed by atoms with Crippen molar-refractivity contribution in [1.29, 1.82) is 0 Å². The van der Waals surface area contributed by atoms with Gasteiger partial charge in [0.1, 0.15) is 0 Å². The van der Waals surface area contributed by atoms with Crippen LogP contribution in [-0.2, 0) is 21.1 Å². The van der Waals surface area contributed by atoms with Gasteiger partial charge < -0.3 is 6.92 Å². The molecule has 0 heterocycles. The van der Waals surface area contributed by atoms with E-state index in [9.17, 15) is 0 Å². The molecule has 0 bridgehead atoms. The third-order valence-corrected chi connectivity index (χ3v) is 2.35. The van der Waals surface area contributed by atoms with Gasteiger partial charge in [-0.2, -0.15) is 6.42 Å². The van der Waals surface area contributed by atoms with E-state index in [2.05, 4.69) is 13.8 Å². The van der Waals surface area contributed by atoms with Gasteiger partial charge in [-0.3, -0.25) is 0 Å². The third-order valence-electron chi connectivity index (χ3n) is 2.35. The molecule has 0 amide bonds. The van der Waals surface area contributed by atoms with E-state index in [-0.39, 0.29) is 21.1 Å². The van der Waals surface area contributed by atoms with E-state index in [1.54, 1.807) is 0 Å². The Kier molecular flexibility index (Phi) is 18.8. The molecule has 0 fully saturated rings. The van der Waals surface area contributed by atoms with Gasteiger partial charge >= 0.3 is 0 Å². The zero-order chi connectivity index (χ0) is 9.07. The summed E-state index contributed by atoms with van der Waals surface area (Å²) in [5.74, 6) is 0. The molecule has 0 spiro atoms. The van der Waals surface area contributed by atoms with Crippen LogP contribution in [0, 0.1) is 6.92 Å².